The molecule has 0 spiro atoms. The van der Waals surface area contributed by atoms with Crippen LogP contribution in [0.4, 0.5) is 0 Å². The van der Waals surface area contributed by atoms with Crippen LogP contribution >= 0.6 is 11.3 Å². The topological polar surface area (TPSA) is 85.1 Å². The average molecular weight is 277 g/mol. The number of aromatic nitrogens is 1. The fraction of sp³-hybridized carbons (Fsp3) is 0.700. The van der Waals surface area contributed by atoms with Crippen LogP contribution < -0.4 is 10.5 Å². The average Bonchev–Trinajstić information content (AvgIpc) is 2.44. The summed E-state index contributed by atoms with van der Waals surface area (Å²) >= 11 is 1.42. The van der Waals surface area contributed by atoms with E-state index >= 15 is 0 Å². The van der Waals surface area contributed by atoms with Gasteiger partial charge in [0.05, 0.1) is 5.69 Å². The molecule has 1 aromatic heterocycles. The number of hydrogen-bond donors (Lipinski definition) is 2. The minimum atomic E-state index is -3.50. The highest BCUT2D eigenvalue weighted by atomic mass is 32.2. The van der Waals surface area contributed by atoms with Crippen LogP contribution in [0.3, 0.4) is 0 Å². The minimum absolute atomic E-state index is 0.174. The van der Waals surface area contributed by atoms with Crippen molar-refractivity contribution in [2.75, 3.05) is 7.05 Å². The van der Waals surface area contributed by atoms with Gasteiger partial charge in [-0.05, 0) is 19.4 Å². The van der Waals surface area contributed by atoms with Crippen LogP contribution in [0.2, 0.25) is 0 Å². The summed E-state index contributed by atoms with van der Waals surface area (Å²) in [5, 5.41) is 8.67. The zero-order valence-corrected chi connectivity index (χ0v) is 12.0. The van der Waals surface area contributed by atoms with E-state index in [0.29, 0.717) is 17.5 Å². The van der Waals surface area contributed by atoms with Gasteiger partial charge >= 0.3 is 0 Å². The molecule has 0 bridgehead atoms. The van der Waals surface area contributed by atoms with Gasteiger partial charge in [0.2, 0.25) is 10.0 Å². The van der Waals surface area contributed by atoms with Crippen LogP contribution in [0.15, 0.2) is 0 Å². The summed E-state index contributed by atoms with van der Waals surface area (Å²) in [4.78, 5) is 5.47. The molecule has 0 radical (unpaired) electrons. The Balaban J connectivity index is 2.94. The van der Waals surface area contributed by atoms with Crippen molar-refractivity contribution in [3.05, 3.63) is 15.6 Å². The zero-order chi connectivity index (χ0) is 13.1. The summed E-state index contributed by atoms with van der Waals surface area (Å²) in [6.07, 6.45) is 0.859. The lowest BCUT2D eigenvalue weighted by Crippen LogP contribution is -2.14. The van der Waals surface area contributed by atoms with Crippen LogP contribution in [0.5, 0.6) is 0 Å². The summed E-state index contributed by atoms with van der Waals surface area (Å²) in [7, 11) is -1.64. The molecule has 5 nitrogen and oxygen atoms in total. The molecule has 1 heterocycles. The van der Waals surface area contributed by atoms with Crippen LogP contribution in [0.1, 0.15) is 29.4 Å². The van der Waals surface area contributed by atoms with E-state index in [1.165, 1.54) is 11.3 Å². The summed E-state index contributed by atoms with van der Waals surface area (Å²) in [5.41, 5.74) is 0.984. The van der Waals surface area contributed by atoms with Gasteiger partial charge < -0.3 is 5.32 Å². The normalized spacial score (nSPS) is 12.3. The molecule has 7 heteroatoms. The number of nitrogens with one attached hydrogen (secondary N) is 1. The molecule has 98 valence electrons. The summed E-state index contributed by atoms with van der Waals surface area (Å²) in [6.45, 7) is 4.94. The molecular formula is C10H19N3O2S2. The maximum atomic E-state index is 11.0. The molecule has 0 aliphatic carbocycles. The van der Waals surface area contributed by atoms with Crippen molar-refractivity contribution in [1.29, 1.82) is 0 Å². The zero-order valence-electron chi connectivity index (χ0n) is 10.4. The predicted octanol–water partition coefficient (Wildman–Crippen LogP) is 0.850. The van der Waals surface area contributed by atoms with E-state index in [9.17, 15) is 8.42 Å². The maximum Gasteiger partial charge on any atom is 0.215 e. The lowest BCUT2D eigenvalue weighted by molar-refractivity contribution is 0.596. The molecule has 3 N–H and O–H groups in total. The fourth-order valence-electron chi connectivity index (χ4n) is 1.52. The summed E-state index contributed by atoms with van der Waals surface area (Å²) in [5.74, 6) is 0.321. The molecule has 0 atom stereocenters. The number of nitrogens with zero attached hydrogens (tertiary/aromatic N) is 1. The molecule has 17 heavy (non-hydrogen) atoms. The summed E-state index contributed by atoms with van der Waals surface area (Å²) < 4.78 is 22.1. The Bertz CT molecular complexity index is 466. The van der Waals surface area contributed by atoms with E-state index < -0.39 is 10.0 Å². The van der Waals surface area contributed by atoms with Gasteiger partial charge in [0, 0.05) is 11.4 Å². The molecule has 1 rings (SSSR count). The highest BCUT2D eigenvalue weighted by molar-refractivity contribution is 7.88. The van der Waals surface area contributed by atoms with Crippen molar-refractivity contribution in [2.24, 2.45) is 11.1 Å². The first-order chi connectivity index (χ1) is 7.81. The van der Waals surface area contributed by atoms with Crippen molar-refractivity contribution < 1.29 is 8.42 Å². The van der Waals surface area contributed by atoms with Crippen molar-refractivity contribution in [3.63, 3.8) is 0 Å². The fourth-order valence-corrected chi connectivity index (χ4v) is 3.56. The van der Waals surface area contributed by atoms with Crippen LogP contribution in [0, 0.1) is 5.92 Å². The molecule has 1 aromatic rings. The number of primary sulfonamides is 1. The second-order valence-corrected chi connectivity index (χ2v) is 7.20. The highest BCUT2D eigenvalue weighted by Gasteiger charge is 2.15. The van der Waals surface area contributed by atoms with E-state index in [-0.39, 0.29) is 5.75 Å². The molecule has 0 aromatic carbocycles. The van der Waals surface area contributed by atoms with Crippen LogP contribution in [0.25, 0.3) is 0 Å². The smallest absolute Gasteiger partial charge is 0.215 e. The molecular weight excluding hydrogens is 258 g/mol. The molecule has 0 aliphatic heterocycles. The van der Waals surface area contributed by atoms with Gasteiger partial charge in [-0.25, -0.2) is 18.5 Å². The van der Waals surface area contributed by atoms with Gasteiger partial charge in [-0.2, -0.15) is 0 Å². The molecule has 0 amide bonds. The molecule has 0 unspecified atom stereocenters. The van der Waals surface area contributed by atoms with Crippen LogP contribution in [-0.2, 0) is 28.7 Å². The van der Waals surface area contributed by atoms with E-state index in [4.69, 9.17) is 5.14 Å². The third kappa shape index (κ3) is 5.12. The third-order valence-corrected chi connectivity index (χ3v) is 4.04. The molecule has 0 saturated carbocycles. The molecule has 0 aliphatic rings. The first-order valence-corrected chi connectivity index (χ1v) is 7.97. The van der Waals surface area contributed by atoms with Gasteiger partial charge in [-0.1, -0.05) is 13.8 Å². The first-order valence-electron chi connectivity index (χ1n) is 5.44. The number of sulfonamides is 1. The first kappa shape index (κ1) is 14.6. The Morgan fingerprint density at radius 2 is 2.12 bits per heavy atom. The van der Waals surface area contributed by atoms with Crippen LogP contribution in [-0.4, -0.2) is 20.4 Å². The van der Waals surface area contributed by atoms with Gasteiger partial charge in [0.15, 0.2) is 0 Å². The summed E-state index contributed by atoms with van der Waals surface area (Å²) in [6, 6.07) is 0. The van der Waals surface area contributed by atoms with Crippen molar-refractivity contribution in [2.45, 2.75) is 32.6 Å². The van der Waals surface area contributed by atoms with Crippen molar-refractivity contribution in [3.8, 4) is 0 Å². The number of rotatable bonds is 6. The SMILES string of the molecule is CNCc1sc(CS(N)(=O)=O)nc1CC(C)C. The monoisotopic (exact) mass is 277 g/mol. The Hall–Kier alpha value is -0.500. The number of thiazole rings is 1. The van der Waals surface area contributed by atoms with Crippen molar-refractivity contribution in [1.82, 2.24) is 10.3 Å². The molecule has 0 saturated heterocycles. The number of hydrogen-bond acceptors (Lipinski definition) is 5. The van der Waals surface area contributed by atoms with Gasteiger partial charge in [0.25, 0.3) is 0 Å². The van der Waals surface area contributed by atoms with E-state index in [1.807, 2.05) is 7.05 Å². The lowest BCUT2D eigenvalue weighted by atomic mass is 10.1. The molecule has 0 fully saturated rings. The van der Waals surface area contributed by atoms with Crippen molar-refractivity contribution >= 4 is 21.4 Å². The largest absolute Gasteiger partial charge is 0.315 e. The Morgan fingerprint density at radius 1 is 1.47 bits per heavy atom. The Morgan fingerprint density at radius 3 is 2.59 bits per heavy atom. The highest BCUT2D eigenvalue weighted by Crippen LogP contribution is 2.22. The van der Waals surface area contributed by atoms with Gasteiger partial charge in [0.1, 0.15) is 10.8 Å². The second-order valence-electron chi connectivity index (χ2n) is 4.41. The van der Waals surface area contributed by atoms with E-state index in [1.54, 1.807) is 0 Å². The minimum Gasteiger partial charge on any atom is -0.315 e. The third-order valence-electron chi connectivity index (χ3n) is 2.09. The quantitative estimate of drug-likeness (QED) is 0.807. The van der Waals surface area contributed by atoms with Gasteiger partial charge in [-0.3, -0.25) is 0 Å². The predicted molar refractivity (Wildman–Crippen MR) is 70.2 cm³/mol. The second kappa shape index (κ2) is 5.90. The number of nitrogens with two attached hydrogens (primary N) is 1. The lowest BCUT2D eigenvalue weighted by Gasteiger charge is -2.03. The van der Waals surface area contributed by atoms with Gasteiger partial charge in [-0.15, -0.1) is 11.3 Å². The maximum absolute atomic E-state index is 11.0. The van der Waals surface area contributed by atoms with E-state index in [0.717, 1.165) is 17.0 Å². The standard InChI is InChI=1S/C10H19N3O2S2/c1-7(2)4-8-9(5-12-3)16-10(13-8)6-17(11,14)15/h7,12H,4-6H2,1-3H3,(H2,11,14,15). The Labute approximate surface area is 106 Å². The Kier molecular flexibility index (Phi) is 5.05. The van der Waals surface area contributed by atoms with E-state index in [2.05, 4.69) is 24.1 Å².